The Kier molecular flexibility index (Phi) is 5.04. The van der Waals surface area contributed by atoms with Crippen molar-refractivity contribution in [1.29, 1.82) is 0 Å². The molecule has 98 valence electrons. The average molecular weight is 268 g/mol. The molecular formula is C13H18ClN3O. The third-order valence-corrected chi connectivity index (χ3v) is 2.66. The van der Waals surface area contributed by atoms with Crippen molar-refractivity contribution in [3.63, 3.8) is 0 Å². The fourth-order valence-corrected chi connectivity index (χ4v) is 1.72. The van der Waals surface area contributed by atoms with Crippen LogP contribution in [0.5, 0.6) is 5.75 Å². The zero-order valence-corrected chi connectivity index (χ0v) is 11.4. The van der Waals surface area contributed by atoms with Crippen molar-refractivity contribution < 1.29 is 5.11 Å². The van der Waals surface area contributed by atoms with E-state index in [0.29, 0.717) is 12.3 Å². The zero-order valence-electron chi connectivity index (χ0n) is 10.6. The van der Waals surface area contributed by atoms with E-state index in [1.165, 1.54) is 0 Å². The predicted molar refractivity (Wildman–Crippen MR) is 75.3 cm³/mol. The number of anilines is 1. The van der Waals surface area contributed by atoms with Crippen LogP contribution in [-0.4, -0.2) is 14.9 Å². The van der Waals surface area contributed by atoms with Crippen molar-refractivity contribution in [3.05, 3.63) is 41.7 Å². The van der Waals surface area contributed by atoms with Crippen LogP contribution in [0.2, 0.25) is 0 Å². The molecule has 0 atom stereocenters. The number of aromatic nitrogens is 2. The zero-order chi connectivity index (χ0) is 12.3. The topological polar surface area (TPSA) is 50.1 Å². The van der Waals surface area contributed by atoms with Crippen LogP contribution in [0.1, 0.15) is 18.2 Å². The number of halogens is 1. The lowest BCUT2D eigenvalue weighted by atomic mass is 10.2. The molecule has 2 N–H and O–H groups in total. The van der Waals surface area contributed by atoms with Crippen molar-refractivity contribution in [2.75, 3.05) is 5.32 Å². The van der Waals surface area contributed by atoms with E-state index in [9.17, 15) is 5.11 Å². The van der Waals surface area contributed by atoms with Crippen LogP contribution in [0.4, 0.5) is 5.69 Å². The second kappa shape index (κ2) is 6.31. The highest BCUT2D eigenvalue weighted by Gasteiger charge is 2.03. The van der Waals surface area contributed by atoms with Gasteiger partial charge in [-0.05, 0) is 31.5 Å². The van der Waals surface area contributed by atoms with Gasteiger partial charge in [0.25, 0.3) is 0 Å². The van der Waals surface area contributed by atoms with Gasteiger partial charge in [-0.25, -0.2) is 0 Å². The first kappa shape index (κ1) is 14.4. The second-order valence-corrected chi connectivity index (χ2v) is 4.01. The molecule has 0 saturated carbocycles. The standard InChI is InChI=1S/C13H17N3O.ClH/c1-3-16-9-13(10(2)15-16)14-8-11-5-4-6-12(17)7-11;/h4-7,9,14,17H,3,8H2,1-2H3;1H. The van der Waals surface area contributed by atoms with Gasteiger partial charge in [-0.2, -0.15) is 5.10 Å². The maximum atomic E-state index is 9.36. The van der Waals surface area contributed by atoms with Crippen LogP contribution in [-0.2, 0) is 13.1 Å². The van der Waals surface area contributed by atoms with Gasteiger partial charge in [0.15, 0.2) is 0 Å². The van der Waals surface area contributed by atoms with Gasteiger partial charge in [0.2, 0.25) is 0 Å². The molecule has 5 heteroatoms. The Balaban J connectivity index is 0.00000162. The van der Waals surface area contributed by atoms with Crippen LogP contribution in [0.15, 0.2) is 30.5 Å². The van der Waals surface area contributed by atoms with Gasteiger partial charge in [-0.15, -0.1) is 12.4 Å². The van der Waals surface area contributed by atoms with E-state index < -0.39 is 0 Å². The van der Waals surface area contributed by atoms with Gasteiger partial charge in [0.1, 0.15) is 5.75 Å². The van der Waals surface area contributed by atoms with Gasteiger partial charge in [-0.3, -0.25) is 4.68 Å². The summed E-state index contributed by atoms with van der Waals surface area (Å²) in [5.74, 6) is 0.297. The number of benzene rings is 1. The van der Waals surface area contributed by atoms with E-state index in [0.717, 1.165) is 23.5 Å². The highest BCUT2D eigenvalue weighted by molar-refractivity contribution is 5.85. The van der Waals surface area contributed by atoms with Gasteiger partial charge in [-0.1, -0.05) is 12.1 Å². The Labute approximate surface area is 113 Å². The van der Waals surface area contributed by atoms with E-state index in [4.69, 9.17) is 0 Å². The molecule has 1 aromatic heterocycles. The summed E-state index contributed by atoms with van der Waals surface area (Å²) in [5.41, 5.74) is 3.08. The molecule has 0 bridgehead atoms. The minimum atomic E-state index is 0. The maximum absolute atomic E-state index is 9.36. The van der Waals surface area contributed by atoms with E-state index in [-0.39, 0.29) is 12.4 Å². The third-order valence-electron chi connectivity index (χ3n) is 2.66. The number of aromatic hydroxyl groups is 1. The molecule has 18 heavy (non-hydrogen) atoms. The molecule has 0 aliphatic carbocycles. The molecule has 2 aromatic rings. The van der Waals surface area contributed by atoms with Gasteiger partial charge in [0, 0.05) is 19.3 Å². The molecule has 1 heterocycles. The van der Waals surface area contributed by atoms with Gasteiger partial charge >= 0.3 is 0 Å². The van der Waals surface area contributed by atoms with Gasteiger partial charge < -0.3 is 10.4 Å². The van der Waals surface area contributed by atoms with Crippen molar-refractivity contribution >= 4 is 18.1 Å². The normalized spacial score (nSPS) is 9.89. The lowest BCUT2D eigenvalue weighted by Crippen LogP contribution is -1.99. The molecule has 0 aliphatic rings. The summed E-state index contributed by atoms with van der Waals surface area (Å²) in [4.78, 5) is 0. The van der Waals surface area contributed by atoms with E-state index in [1.54, 1.807) is 12.1 Å². The number of hydrogen-bond donors (Lipinski definition) is 2. The largest absolute Gasteiger partial charge is 0.508 e. The Morgan fingerprint density at radius 1 is 1.39 bits per heavy atom. The fourth-order valence-electron chi connectivity index (χ4n) is 1.72. The summed E-state index contributed by atoms with van der Waals surface area (Å²) in [7, 11) is 0. The molecule has 0 saturated heterocycles. The minimum absolute atomic E-state index is 0. The molecule has 0 spiro atoms. The Bertz CT molecular complexity index is 511. The Hall–Kier alpha value is -1.68. The molecule has 4 nitrogen and oxygen atoms in total. The maximum Gasteiger partial charge on any atom is 0.115 e. The first-order valence-electron chi connectivity index (χ1n) is 5.75. The van der Waals surface area contributed by atoms with Crippen LogP contribution in [0.25, 0.3) is 0 Å². The summed E-state index contributed by atoms with van der Waals surface area (Å²) in [6.07, 6.45) is 2.00. The number of nitrogens with zero attached hydrogens (tertiary/aromatic N) is 2. The number of phenolic OH excluding ortho intramolecular Hbond substituents is 1. The quantitative estimate of drug-likeness (QED) is 0.895. The average Bonchev–Trinajstić information content (AvgIpc) is 2.68. The van der Waals surface area contributed by atoms with Crippen LogP contribution < -0.4 is 5.32 Å². The molecule has 0 fully saturated rings. The van der Waals surface area contributed by atoms with Crippen molar-refractivity contribution in [2.45, 2.75) is 26.9 Å². The molecule has 0 unspecified atom stereocenters. The Morgan fingerprint density at radius 3 is 2.78 bits per heavy atom. The second-order valence-electron chi connectivity index (χ2n) is 4.01. The summed E-state index contributed by atoms with van der Waals surface area (Å²) in [6.45, 7) is 5.60. The predicted octanol–water partition coefficient (Wildman–Crippen LogP) is 2.95. The molecule has 0 amide bonds. The van der Waals surface area contributed by atoms with Crippen molar-refractivity contribution in [3.8, 4) is 5.75 Å². The lowest BCUT2D eigenvalue weighted by Gasteiger charge is -2.05. The summed E-state index contributed by atoms with van der Waals surface area (Å²) in [5, 5.41) is 17.0. The SMILES string of the molecule is CCn1cc(NCc2cccc(O)c2)c(C)n1.Cl. The molecule has 0 radical (unpaired) electrons. The summed E-state index contributed by atoms with van der Waals surface area (Å²) in [6, 6.07) is 7.25. The number of rotatable bonds is 4. The summed E-state index contributed by atoms with van der Waals surface area (Å²) >= 11 is 0. The van der Waals surface area contributed by atoms with E-state index >= 15 is 0 Å². The van der Waals surface area contributed by atoms with Crippen molar-refractivity contribution in [2.24, 2.45) is 0 Å². The Morgan fingerprint density at radius 2 is 2.17 bits per heavy atom. The molecule has 1 aromatic carbocycles. The first-order chi connectivity index (χ1) is 8.19. The minimum Gasteiger partial charge on any atom is -0.508 e. The first-order valence-corrected chi connectivity index (χ1v) is 5.75. The van der Waals surface area contributed by atoms with Crippen LogP contribution in [0, 0.1) is 6.92 Å². The molecular weight excluding hydrogens is 250 g/mol. The van der Waals surface area contributed by atoms with Crippen LogP contribution in [0.3, 0.4) is 0 Å². The fraction of sp³-hybridized carbons (Fsp3) is 0.308. The monoisotopic (exact) mass is 267 g/mol. The highest BCUT2D eigenvalue weighted by atomic mass is 35.5. The molecule has 0 aliphatic heterocycles. The summed E-state index contributed by atoms with van der Waals surface area (Å²) < 4.78 is 1.90. The molecule has 2 rings (SSSR count). The van der Waals surface area contributed by atoms with E-state index in [2.05, 4.69) is 17.3 Å². The number of aryl methyl sites for hydroxylation is 2. The highest BCUT2D eigenvalue weighted by Crippen LogP contribution is 2.16. The van der Waals surface area contributed by atoms with Crippen LogP contribution >= 0.6 is 12.4 Å². The smallest absolute Gasteiger partial charge is 0.115 e. The lowest BCUT2D eigenvalue weighted by molar-refractivity contribution is 0.474. The van der Waals surface area contributed by atoms with E-state index in [1.807, 2.05) is 29.9 Å². The number of hydrogen-bond acceptors (Lipinski definition) is 3. The van der Waals surface area contributed by atoms with Crippen molar-refractivity contribution in [1.82, 2.24) is 9.78 Å². The number of nitrogens with one attached hydrogen (secondary N) is 1. The number of phenols is 1. The third kappa shape index (κ3) is 3.40. The van der Waals surface area contributed by atoms with Gasteiger partial charge in [0.05, 0.1) is 11.4 Å².